The number of pyridine rings is 1. The van der Waals surface area contributed by atoms with E-state index in [1.165, 1.54) is 5.56 Å². The summed E-state index contributed by atoms with van der Waals surface area (Å²) in [6, 6.07) is 7.86. The maximum atomic E-state index is 10.6. The molecule has 0 radical (unpaired) electrons. The third kappa shape index (κ3) is 3.58. The Morgan fingerprint density at radius 1 is 1.32 bits per heavy atom. The lowest BCUT2D eigenvalue weighted by Gasteiger charge is -2.20. The normalized spacial score (nSPS) is 13.9. The van der Waals surface area contributed by atoms with E-state index < -0.39 is 5.60 Å². The SMILES string of the molecule is CC(O)(Cc1cn(CCc2cccnc2)nn1)c1cccs1. The van der Waals surface area contributed by atoms with Gasteiger partial charge in [-0.25, -0.2) is 0 Å². The van der Waals surface area contributed by atoms with Crippen molar-refractivity contribution in [2.24, 2.45) is 0 Å². The molecule has 1 atom stereocenters. The summed E-state index contributed by atoms with van der Waals surface area (Å²) in [5.74, 6) is 0. The Morgan fingerprint density at radius 3 is 2.95 bits per heavy atom. The summed E-state index contributed by atoms with van der Waals surface area (Å²) in [5.41, 5.74) is 1.06. The van der Waals surface area contributed by atoms with E-state index in [1.807, 2.05) is 53.6 Å². The lowest BCUT2D eigenvalue weighted by molar-refractivity contribution is 0.0604. The number of rotatable bonds is 6. The highest BCUT2D eigenvalue weighted by molar-refractivity contribution is 7.10. The van der Waals surface area contributed by atoms with Gasteiger partial charge in [-0.2, -0.15) is 0 Å². The summed E-state index contributed by atoms with van der Waals surface area (Å²) in [6.07, 6.45) is 6.85. The van der Waals surface area contributed by atoms with Gasteiger partial charge in [0.25, 0.3) is 0 Å². The fourth-order valence-corrected chi connectivity index (χ4v) is 3.13. The van der Waals surface area contributed by atoms with E-state index in [0.29, 0.717) is 6.42 Å². The minimum absolute atomic E-state index is 0.459. The first-order valence-electron chi connectivity index (χ1n) is 7.18. The molecule has 0 aliphatic rings. The van der Waals surface area contributed by atoms with E-state index >= 15 is 0 Å². The van der Waals surface area contributed by atoms with E-state index in [0.717, 1.165) is 23.5 Å². The van der Waals surface area contributed by atoms with E-state index in [1.54, 1.807) is 17.5 Å². The first kappa shape index (κ1) is 14.9. The van der Waals surface area contributed by atoms with Crippen molar-refractivity contribution in [2.75, 3.05) is 0 Å². The van der Waals surface area contributed by atoms with E-state index in [2.05, 4.69) is 15.3 Å². The highest BCUT2D eigenvalue weighted by atomic mass is 32.1. The third-order valence-corrected chi connectivity index (χ3v) is 4.64. The maximum Gasteiger partial charge on any atom is 0.102 e. The lowest BCUT2D eigenvalue weighted by atomic mass is 9.99. The number of hydrogen-bond acceptors (Lipinski definition) is 5. The molecule has 114 valence electrons. The molecule has 3 aromatic heterocycles. The molecule has 0 spiro atoms. The maximum absolute atomic E-state index is 10.6. The largest absolute Gasteiger partial charge is 0.384 e. The van der Waals surface area contributed by atoms with Crippen molar-refractivity contribution >= 4 is 11.3 Å². The molecule has 1 unspecified atom stereocenters. The molecule has 0 bridgehead atoms. The smallest absolute Gasteiger partial charge is 0.102 e. The standard InChI is InChI=1S/C16H18N4OS/c1-16(21,15-5-3-9-22-15)10-14-12-20(19-18-14)8-6-13-4-2-7-17-11-13/h2-5,7,9,11-12,21H,6,8,10H2,1H3. The van der Waals surface area contributed by atoms with Crippen LogP contribution in [0, 0.1) is 0 Å². The topological polar surface area (TPSA) is 63.8 Å². The molecule has 3 heterocycles. The van der Waals surface area contributed by atoms with Gasteiger partial charge in [-0.05, 0) is 36.4 Å². The Morgan fingerprint density at radius 2 is 2.23 bits per heavy atom. The zero-order chi connectivity index (χ0) is 15.4. The molecule has 22 heavy (non-hydrogen) atoms. The van der Waals surface area contributed by atoms with Crippen molar-refractivity contribution in [3.05, 3.63) is 64.4 Å². The van der Waals surface area contributed by atoms with E-state index in [9.17, 15) is 5.11 Å². The monoisotopic (exact) mass is 314 g/mol. The van der Waals surface area contributed by atoms with Gasteiger partial charge in [0.15, 0.2) is 0 Å². The van der Waals surface area contributed by atoms with Crippen molar-refractivity contribution < 1.29 is 5.11 Å². The van der Waals surface area contributed by atoms with Gasteiger partial charge in [0.05, 0.1) is 5.69 Å². The summed E-state index contributed by atoms with van der Waals surface area (Å²) in [5, 5.41) is 20.8. The molecule has 3 aromatic rings. The highest BCUT2D eigenvalue weighted by Crippen LogP contribution is 2.28. The van der Waals surface area contributed by atoms with Crippen LogP contribution < -0.4 is 0 Å². The fourth-order valence-electron chi connectivity index (χ4n) is 2.34. The van der Waals surface area contributed by atoms with Crippen LogP contribution in [-0.2, 0) is 25.0 Å². The van der Waals surface area contributed by atoms with Crippen molar-refractivity contribution in [3.8, 4) is 0 Å². The molecule has 1 N–H and O–H groups in total. The van der Waals surface area contributed by atoms with Crippen LogP contribution in [0.5, 0.6) is 0 Å². The van der Waals surface area contributed by atoms with Gasteiger partial charge in [-0.1, -0.05) is 17.3 Å². The summed E-state index contributed by atoms with van der Waals surface area (Å²) in [7, 11) is 0. The molecule has 0 saturated heterocycles. The summed E-state index contributed by atoms with van der Waals surface area (Å²) in [6.45, 7) is 2.56. The summed E-state index contributed by atoms with van der Waals surface area (Å²) >= 11 is 1.55. The van der Waals surface area contributed by atoms with Gasteiger partial charge >= 0.3 is 0 Å². The van der Waals surface area contributed by atoms with Gasteiger partial charge in [0.1, 0.15) is 5.60 Å². The van der Waals surface area contributed by atoms with Crippen LogP contribution in [-0.4, -0.2) is 25.1 Å². The van der Waals surface area contributed by atoms with Crippen LogP contribution in [0.2, 0.25) is 0 Å². The predicted molar refractivity (Wildman–Crippen MR) is 85.6 cm³/mol. The molecule has 0 aliphatic carbocycles. The molecule has 5 nitrogen and oxygen atoms in total. The number of nitrogens with zero attached hydrogens (tertiary/aromatic N) is 4. The number of aryl methyl sites for hydroxylation is 2. The molecule has 0 aliphatic heterocycles. The van der Waals surface area contributed by atoms with Crippen LogP contribution in [0.15, 0.2) is 48.2 Å². The Kier molecular flexibility index (Phi) is 4.31. The first-order valence-corrected chi connectivity index (χ1v) is 8.06. The third-order valence-electron chi connectivity index (χ3n) is 3.52. The number of aliphatic hydroxyl groups is 1. The summed E-state index contributed by atoms with van der Waals surface area (Å²) in [4.78, 5) is 5.04. The van der Waals surface area contributed by atoms with Crippen LogP contribution >= 0.6 is 11.3 Å². The average Bonchev–Trinajstić information content (AvgIpc) is 3.17. The second-order valence-corrected chi connectivity index (χ2v) is 6.46. The van der Waals surface area contributed by atoms with Crippen molar-refractivity contribution in [1.82, 2.24) is 20.0 Å². The van der Waals surface area contributed by atoms with Crippen LogP contribution in [0.3, 0.4) is 0 Å². The fraction of sp³-hybridized carbons (Fsp3) is 0.312. The minimum atomic E-state index is -0.904. The molecular weight excluding hydrogens is 296 g/mol. The van der Waals surface area contributed by atoms with Gasteiger partial charge < -0.3 is 5.11 Å². The van der Waals surface area contributed by atoms with Gasteiger partial charge in [-0.15, -0.1) is 16.4 Å². The minimum Gasteiger partial charge on any atom is -0.384 e. The van der Waals surface area contributed by atoms with Crippen molar-refractivity contribution in [2.45, 2.75) is 31.9 Å². The second-order valence-electron chi connectivity index (χ2n) is 5.51. The zero-order valence-corrected chi connectivity index (χ0v) is 13.2. The Labute approximate surface area is 133 Å². The Bertz CT molecular complexity index is 707. The van der Waals surface area contributed by atoms with Gasteiger partial charge in [0.2, 0.25) is 0 Å². The first-order chi connectivity index (χ1) is 10.6. The summed E-state index contributed by atoms with van der Waals surface area (Å²) < 4.78 is 1.81. The van der Waals surface area contributed by atoms with E-state index in [-0.39, 0.29) is 0 Å². The van der Waals surface area contributed by atoms with Crippen LogP contribution in [0.4, 0.5) is 0 Å². The van der Waals surface area contributed by atoms with Gasteiger partial charge in [-0.3, -0.25) is 9.67 Å². The Balaban J connectivity index is 1.62. The Hall–Kier alpha value is -2.05. The number of thiophene rings is 1. The van der Waals surface area contributed by atoms with Crippen LogP contribution in [0.1, 0.15) is 23.1 Å². The molecule has 0 amide bonds. The molecule has 3 rings (SSSR count). The van der Waals surface area contributed by atoms with Crippen molar-refractivity contribution in [3.63, 3.8) is 0 Å². The number of hydrogen-bond donors (Lipinski definition) is 1. The average molecular weight is 314 g/mol. The van der Waals surface area contributed by atoms with Crippen molar-refractivity contribution in [1.29, 1.82) is 0 Å². The molecule has 6 heteroatoms. The lowest BCUT2D eigenvalue weighted by Crippen LogP contribution is -2.23. The van der Waals surface area contributed by atoms with E-state index in [4.69, 9.17) is 0 Å². The number of aromatic nitrogens is 4. The highest BCUT2D eigenvalue weighted by Gasteiger charge is 2.26. The second kappa shape index (κ2) is 6.37. The van der Waals surface area contributed by atoms with Crippen LogP contribution in [0.25, 0.3) is 0 Å². The molecule has 0 fully saturated rings. The van der Waals surface area contributed by atoms with Gasteiger partial charge in [0, 0.05) is 36.4 Å². The predicted octanol–water partition coefficient (Wildman–Crippen LogP) is 2.43. The molecule has 0 saturated carbocycles. The quantitative estimate of drug-likeness (QED) is 0.759. The zero-order valence-electron chi connectivity index (χ0n) is 12.4. The molecular formula is C16H18N4OS. The molecule has 0 aromatic carbocycles.